The molecule has 4 aromatic rings. The van der Waals surface area contributed by atoms with Crippen molar-refractivity contribution < 1.29 is 4.57 Å². The number of rotatable bonds is 2. The van der Waals surface area contributed by atoms with Crippen LogP contribution in [0.2, 0.25) is 0 Å². The van der Waals surface area contributed by atoms with Gasteiger partial charge in [0.25, 0.3) is 5.82 Å². The van der Waals surface area contributed by atoms with Crippen LogP contribution in [0.5, 0.6) is 0 Å². The Hall–Kier alpha value is -3.01. The third kappa shape index (κ3) is 2.99. The molecule has 0 N–H and O–H groups in total. The van der Waals surface area contributed by atoms with Gasteiger partial charge < -0.3 is 0 Å². The maximum Gasteiger partial charge on any atom is 0.300 e. The van der Waals surface area contributed by atoms with E-state index in [1.165, 1.54) is 27.8 Å². The molecule has 0 amide bonds. The minimum atomic E-state index is 0.0300. The van der Waals surface area contributed by atoms with Gasteiger partial charge in [0, 0.05) is 36.6 Å². The van der Waals surface area contributed by atoms with Crippen LogP contribution in [0.3, 0.4) is 0 Å². The molecule has 4 heteroatoms. The number of aromatic nitrogens is 4. The highest BCUT2D eigenvalue weighted by molar-refractivity contribution is 5.94. The van der Waals surface area contributed by atoms with E-state index < -0.39 is 0 Å². The number of hydrogen-bond donors (Lipinski definition) is 0. The molecule has 0 bridgehead atoms. The zero-order valence-electron chi connectivity index (χ0n) is 17.5. The Morgan fingerprint density at radius 3 is 2.46 bits per heavy atom. The van der Waals surface area contributed by atoms with Crippen LogP contribution in [-0.4, -0.2) is 14.8 Å². The highest BCUT2D eigenvalue weighted by Crippen LogP contribution is 2.36. The Balaban J connectivity index is 2.09. The van der Waals surface area contributed by atoms with Gasteiger partial charge in [-0.1, -0.05) is 44.0 Å². The summed E-state index contributed by atoms with van der Waals surface area (Å²) < 4.78 is 4.18. The maximum atomic E-state index is 4.74. The summed E-state index contributed by atoms with van der Waals surface area (Å²) in [6, 6.07) is 15.0. The number of benzene rings is 2. The van der Waals surface area contributed by atoms with Gasteiger partial charge in [-0.2, -0.15) is 5.10 Å². The lowest BCUT2D eigenvalue weighted by atomic mass is 9.84. The number of aryl methyl sites for hydroxylation is 2. The maximum absolute atomic E-state index is 4.74. The van der Waals surface area contributed by atoms with Crippen molar-refractivity contribution in [3.63, 3.8) is 0 Å². The molecule has 0 radical (unpaired) electrons. The van der Waals surface area contributed by atoms with Crippen LogP contribution >= 0.6 is 0 Å². The average Bonchev–Trinajstić information content (AvgIpc) is 2.97. The molecule has 142 valence electrons. The lowest BCUT2D eigenvalue weighted by Gasteiger charge is -2.22. The molecule has 4 nitrogen and oxygen atoms in total. The third-order valence-electron chi connectivity index (χ3n) is 5.43. The Bertz CT molecular complexity index is 1180. The van der Waals surface area contributed by atoms with E-state index in [4.69, 9.17) is 5.10 Å². The smallest absolute Gasteiger partial charge is 0.267 e. The molecule has 0 aliphatic carbocycles. The summed E-state index contributed by atoms with van der Waals surface area (Å²) in [6.45, 7) is 11.0. The van der Waals surface area contributed by atoms with E-state index in [2.05, 4.69) is 73.8 Å². The monoisotopic (exact) mass is 371 g/mol. The number of hydrogen-bond acceptors (Lipinski definition) is 2. The Labute approximate surface area is 166 Å². The second-order valence-corrected chi connectivity index (χ2v) is 8.44. The molecule has 0 fully saturated rings. The fraction of sp³-hybridized carbons (Fsp3) is 0.292. The predicted molar refractivity (Wildman–Crippen MR) is 114 cm³/mol. The first-order chi connectivity index (χ1) is 13.3. The minimum absolute atomic E-state index is 0.0300. The van der Waals surface area contributed by atoms with E-state index >= 15 is 0 Å². The van der Waals surface area contributed by atoms with Gasteiger partial charge >= 0.3 is 0 Å². The molecule has 0 spiro atoms. The summed E-state index contributed by atoms with van der Waals surface area (Å²) >= 11 is 0. The van der Waals surface area contributed by atoms with E-state index in [9.17, 15) is 0 Å². The Kier molecular flexibility index (Phi) is 4.30. The van der Waals surface area contributed by atoms with Gasteiger partial charge in [0.1, 0.15) is 18.1 Å². The Morgan fingerprint density at radius 1 is 1.00 bits per heavy atom. The molecule has 2 heterocycles. The van der Waals surface area contributed by atoms with Crippen molar-refractivity contribution in [2.45, 2.75) is 40.0 Å². The minimum Gasteiger partial charge on any atom is -0.267 e. The summed E-state index contributed by atoms with van der Waals surface area (Å²) in [6.07, 6.45) is 3.92. The van der Waals surface area contributed by atoms with Gasteiger partial charge in [0.05, 0.1) is 11.2 Å². The molecule has 0 unspecified atom stereocenters. The van der Waals surface area contributed by atoms with Crippen LogP contribution in [-0.2, 0) is 12.5 Å². The zero-order chi connectivity index (χ0) is 20.1. The van der Waals surface area contributed by atoms with Gasteiger partial charge in [0.15, 0.2) is 0 Å². The summed E-state index contributed by atoms with van der Waals surface area (Å²) in [5, 5.41) is 5.92. The lowest BCUT2D eigenvalue weighted by Crippen LogP contribution is -2.36. The van der Waals surface area contributed by atoms with Gasteiger partial charge in [-0.15, -0.1) is 0 Å². The topological polar surface area (TPSA) is 34.6 Å². The van der Waals surface area contributed by atoms with Crippen LogP contribution in [0.15, 0.2) is 54.9 Å². The molecule has 2 aromatic heterocycles. The SMILES string of the molecule is Cc1c(-c2c3ccccc3nn2C)cc(C(C)(C)C)cc1-[n+]1cccnc1C. The summed E-state index contributed by atoms with van der Waals surface area (Å²) in [7, 11) is 2.03. The molecule has 28 heavy (non-hydrogen) atoms. The average molecular weight is 372 g/mol. The largest absolute Gasteiger partial charge is 0.300 e. The first-order valence-electron chi connectivity index (χ1n) is 9.68. The van der Waals surface area contributed by atoms with Crippen LogP contribution in [0.4, 0.5) is 0 Å². The third-order valence-corrected chi connectivity index (χ3v) is 5.43. The molecule has 0 aliphatic rings. The summed E-state index contributed by atoms with van der Waals surface area (Å²) in [4.78, 5) is 4.49. The van der Waals surface area contributed by atoms with Crippen LogP contribution in [0.25, 0.3) is 27.8 Å². The van der Waals surface area contributed by atoms with Crippen molar-refractivity contribution >= 4 is 10.9 Å². The zero-order valence-corrected chi connectivity index (χ0v) is 17.5. The lowest BCUT2D eigenvalue weighted by molar-refractivity contribution is -0.606. The number of nitrogens with zero attached hydrogens (tertiary/aromatic N) is 4. The van der Waals surface area contributed by atoms with Crippen molar-refractivity contribution in [1.82, 2.24) is 14.8 Å². The highest BCUT2D eigenvalue weighted by atomic mass is 15.3. The molecular weight excluding hydrogens is 344 g/mol. The quantitative estimate of drug-likeness (QED) is 0.473. The molecule has 0 aliphatic heterocycles. The second-order valence-electron chi connectivity index (χ2n) is 8.44. The standard InChI is InChI=1S/C24H27N4/c1-16-20(23-19-10-7-8-11-21(19)26-27(23)6)14-18(24(3,4)5)15-22(16)28-13-9-12-25-17(28)2/h7-15H,1-6H3/q+1. The molecule has 0 saturated carbocycles. The summed E-state index contributed by atoms with van der Waals surface area (Å²) in [5.41, 5.74) is 7.11. The van der Waals surface area contributed by atoms with Crippen LogP contribution in [0.1, 0.15) is 37.7 Å². The predicted octanol–water partition coefficient (Wildman–Crippen LogP) is 4.83. The fourth-order valence-corrected chi connectivity index (χ4v) is 3.79. The van der Waals surface area contributed by atoms with E-state index in [-0.39, 0.29) is 5.41 Å². The van der Waals surface area contributed by atoms with E-state index in [0.29, 0.717) is 0 Å². The van der Waals surface area contributed by atoms with E-state index in [1.54, 1.807) is 0 Å². The fourth-order valence-electron chi connectivity index (χ4n) is 3.79. The van der Waals surface area contributed by atoms with Crippen LogP contribution in [0, 0.1) is 13.8 Å². The van der Waals surface area contributed by atoms with Crippen molar-refractivity contribution in [3.8, 4) is 16.9 Å². The Morgan fingerprint density at radius 2 is 1.75 bits per heavy atom. The first kappa shape index (κ1) is 18.4. The molecule has 2 aromatic carbocycles. The van der Waals surface area contributed by atoms with Crippen molar-refractivity contribution in [3.05, 3.63) is 71.8 Å². The highest BCUT2D eigenvalue weighted by Gasteiger charge is 2.24. The molecule has 0 atom stereocenters. The molecular formula is C24H27N4+. The van der Waals surface area contributed by atoms with Crippen molar-refractivity contribution in [2.24, 2.45) is 7.05 Å². The molecule has 4 rings (SSSR count). The van der Waals surface area contributed by atoms with Crippen molar-refractivity contribution in [2.75, 3.05) is 0 Å². The first-order valence-corrected chi connectivity index (χ1v) is 9.68. The normalized spacial score (nSPS) is 11.9. The van der Waals surface area contributed by atoms with Gasteiger partial charge in [-0.3, -0.25) is 4.68 Å². The van der Waals surface area contributed by atoms with E-state index in [0.717, 1.165) is 17.0 Å². The molecule has 0 saturated heterocycles. The van der Waals surface area contributed by atoms with Crippen molar-refractivity contribution in [1.29, 1.82) is 0 Å². The number of fused-ring (bicyclic) bond motifs is 1. The second kappa shape index (κ2) is 6.55. The summed E-state index contributed by atoms with van der Waals surface area (Å²) in [5.74, 6) is 0.970. The van der Waals surface area contributed by atoms with E-state index in [1.807, 2.05) is 37.0 Å². The van der Waals surface area contributed by atoms with Gasteiger partial charge in [0.2, 0.25) is 0 Å². The van der Waals surface area contributed by atoms with Gasteiger partial charge in [-0.25, -0.2) is 4.57 Å². The van der Waals surface area contributed by atoms with Crippen LogP contribution < -0.4 is 4.57 Å². The van der Waals surface area contributed by atoms with Gasteiger partial charge in [-0.05, 0) is 36.1 Å².